The molecule has 0 saturated carbocycles. The largest absolute Gasteiger partial charge is 0.312 e. The molecule has 3 heteroatoms. The van der Waals surface area contributed by atoms with Crippen molar-refractivity contribution in [2.45, 2.75) is 18.9 Å². The van der Waals surface area contributed by atoms with Gasteiger partial charge in [-0.1, -0.05) is 0 Å². The molecule has 13 heavy (non-hydrogen) atoms. The molecular weight excluding hydrogens is 246 g/mol. The Balaban J connectivity index is 2.62. The van der Waals surface area contributed by atoms with Gasteiger partial charge in [0.2, 0.25) is 0 Å². The van der Waals surface area contributed by atoms with E-state index in [-0.39, 0.29) is 0 Å². The molecule has 0 aliphatic rings. The summed E-state index contributed by atoms with van der Waals surface area (Å²) in [7, 11) is 1.97. The first-order valence-electron chi connectivity index (χ1n) is 4.12. The SMILES string of the molecule is C#CCCC(NC)c1cc(Br)cs1. The number of hydrogen-bond acceptors (Lipinski definition) is 2. The third-order valence-corrected chi connectivity index (χ3v) is 3.66. The minimum atomic E-state index is 0.396. The quantitative estimate of drug-likeness (QED) is 0.818. The van der Waals surface area contributed by atoms with Crippen LogP contribution < -0.4 is 5.32 Å². The van der Waals surface area contributed by atoms with Gasteiger partial charge in [0.05, 0.1) is 0 Å². The number of halogens is 1. The van der Waals surface area contributed by atoms with Gasteiger partial charge in [-0.3, -0.25) is 0 Å². The third kappa shape index (κ3) is 3.15. The van der Waals surface area contributed by atoms with Gasteiger partial charge in [0.15, 0.2) is 0 Å². The number of terminal acetylenes is 1. The topological polar surface area (TPSA) is 12.0 Å². The van der Waals surface area contributed by atoms with E-state index in [1.54, 1.807) is 11.3 Å². The summed E-state index contributed by atoms with van der Waals surface area (Å²) in [6, 6.07) is 2.54. The van der Waals surface area contributed by atoms with Gasteiger partial charge in [-0.2, -0.15) is 0 Å². The fraction of sp³-hybridized carbons (Fsp3) is 0.400. The molecule has 1 unspecified atom stereocenters. The Labute approximate surface area is 91.7 Å². The number of hydrogen-bond donors (Lipinski definition) is 1. The lowest BCUT2D eigenvalue weighted by Crippen LogP contribution is -2.14. The molecule has 0 aliphatic heterocycles. The van der Waals surface area contributed by atoms with Crippen LogP contribution >= 0.6 is 27.3 Å². The molecule has 1 atom stereocenters. The van der Waals surface area contributed by atoms with Gasteiger partial charge in [0.25, 0.3) is 0 Å². The highest BCUT2D eigenvalue weighted by atomic mass is 79.9. The molecule has 1 nitrogen and oxygen atoms in total. The maximum atomic E-state index is 5.23. The van der Waals surface area contributed by atoms with E-state index in [0.717, 1.165) is 17.3 Å². The van der Waals surface area contributed by atoms with E-state index < -0.39 is 0 Å². The first-order valence-corrected chi connectivity index (χ1v) is 5.80. The van der Waals surface area contributed by atoms with Crippen molar-refractivity contribution < 1.29 is 0 Å². The Bertz CT molecular complexity index is 300. The second-order valence-electron chi connectivity index (χ2n) is 2.75. The van der Waals surface area contributed by atoms with E-state index in [1.807, 2.05) is 7.05 Å². The summed E-state index contributed by atoms with van der Waals surface area (Å²) in [4.78, 5) is 1.34. The van der Waals surface area contributed by atoms with Crippen LogP contribution in [0.1, 0.15) is 23.8 Å². The van der Waals surface area contributed by atoms with E-state index in [2.05, 4.69) is 38.6 Å². The van der Waals surface area contributed by atoms with Gasteiger partial charge in [-0.15, -0.1) is 23.7 Å². The van der Waals surface area contributed by atoms with Crippen LogP contribution in [0, 0.1) is 12.3 Å². The lowest BCUT2D eigenvalue weighted by molar-refractivity contribution is 0.567. The summed E-state index contributed by atoms with van der Waals surface area (Å²) in [5.74, 6) is 2.66. The van der Waals surface area contributed by atoms with Crippen LogP contribution in [0.3, 0.4) is 0 Å². The Morgan fingerprint density at radius 1 is 1.77 bits per heavy atom. The van der Waals surface area contributed by atoms with Gasteiger partial charge < -0.3 is 5.32 Å². The van der Waals surface area contributed by atoms with Crippen molar-refractivity contribution in [3.8, 4) is 12.3 Å². The Kier molecular flexibility index (Phi) is 4.51. The Morgan fingerprint density at radius 3 is 3.00 bits per heavy atom. The number of rotatable bonds is 4. The Morgan fingerprint density at radius 2 is 2.54 bits per heavy atom. The van der Waals surface area contributed by atoms with E-state index in [9.17, 15) is 0 Å². The minimum absolute atomic E-state index is 0.396. The highest BCUT2D eigenvalue weighted by Crippen LogP contribution is 2.27. The van der Waals surface area contributed by atoms with Crippen molar-refractivity contribution in [1.82, 2.24) is 5.32 Å². The summed E-state index contributed by atoms with van der Waals surface area (Å²) in [6.45, 7) is 0. The van der Waals surface area contributed by atoms with Gasteiger partial charge in [0.1, 0.15) is 0 Å². The van der Waals surface area contributed by atoms with E-state index >= 15 is 0 Å². The average molecular weight is 258 g/mol. The summed E-state index contributed by atoms with van der Waals surface area (Å²) >= 11 is 5.19. The Hall–Kier alpha value is -0.300. The molecule has 1 N–H and O–H groups in total. The lowest BCUT2D eigenvalue weighted by Gasteiger charge is -2.11. The van der Waals surface area contributed by atoms with Crippen LogP contribution in [0.2, 0.25) is 0 Å². The molecule has 0 fully saturated rings. The van der Waals surface area contributed by atoms with Crippen molar-refractivity contribution in [3.05, 3.63) is 20.8 Å². The smallest absolute Gasteiger partial charge is 0.0421 e. The van der Waals surface area contributed by atoms with E-state index in [0.29, 0.717) is 6.04 Å². The molecule has 1 rings (SSSR count). The van der Waals surface area contributed by atoms with Gasteiger partial charge >= 0.3 is 0 Å². The standard InChI is InChI=1S/C10H12BrNS/c1-3-4-5-9(12-2)10-6-8(11)7-13-10/h1,6-7,9,12H,4-5H2,2H3. The molecule has 0 saturated heterocycles. The van der Waals surface area contributed by atoms with Crippen LogP contribution in [0.25, 0.3) is 0 Å². The van der Waals surface area contributed by atoms with Crippen molar-refractivity contribution >= 4 is 27.3 Å². The highest BCUT2D eigenvalue weighted by Gasteiger charge is 2.09. The zero-order chi connectivity index (χ0) is 9.68. The van der Waals surface area contributed by atoms with Crippen molar-refractivity contribution in [3.63, 3.8) is 0 Å². The van der Waals surface area contributed by atoms with Crippen LogP contribution in [0.15, 0.2) is 15.9 Å². The molecule has 0 bridgehead atoms. The zero-order valence-electron chi connectivity index (χ0n) is 7.51. The molecule has 1 heterocycles. The molecule has 0 aromatic carbocycles. The predicted octanol–water partition coefficient (Wildman–Crippen LogP) is 3.18. The number of nitrogens with one attached hydrogen (secondary N) is 1. The zero-order valence-corrected chi connectivity index (χ0v) is 9.91. The maximum absolute atomic E-state index is 5.23. The van der Waals surface area contributed by atoms with Crippen LogP contribution in [-0.2, 0) is 0 Å². The van der Waals surface area contributed by atoms with Gasteiger partial charge in [-0.25, -0.2) is 0 Å². The van der Waals surface area contributed by atoms with Crippen molar-refractivity contribution in [2.24, 2.45) is 0 Å². The summed E-state index contributed by atoms with van der Waals surface area (Å²) in [5.41, 5.74) is 0. The molecule has 1 aromatic rings. The van der Waals surface area contributed by atoms with Gasteiger partial charge in [-0.05, 0) is 35.5 Å². The first-order chi connectivity index (χ1) is 6.27. The third-order valence-electron chi connectivity index (χ3n) is 1.86. The van der Waals surface area contributed by atoms with Crippen molar-refractivity contribution in [2.75, 3.05) is 7.05 Å². The fourth-order valence-corrected chi connectivity index (χ4v) is 2.76. The summed E-state index contributed by atoms with van der Waals surface area (Å²) in [6.07, 6.45) is 7.05. The second-order valence-corrected chi connectivity index (χ2v) is 4.61. The molecular formula is C10H12BrNS. The maximum Gasteiger partial charge on any atom is 0.0421 e. The molecule has 0 spiro atoms. The van der Waals surface area contributed by atoms with Gasteiger partial charge in [0, 0.05) is 27.2 Å². The van der Waals surface area contributed by atoms with Crippen LogP contribution in [-0.4, -0.2) is 7.05 Å². The first kappa shape index (κ1) is 10.8. The van der Waals surface area contributed by atoms with Crippen LogP contribution in [0.5, 0.6) is 0 Å². The second kappa shape index (κ2) is 5.43. The molecule has 0 radical (unpaired) electrons. The summed E-state index contributed by atoms with van der Waals surface area (Å²) < 4.78 is 1.15. The summed E-state index contributed by atoms with van der Waals surface area (Å²) in [5, 5.41) is 5.35. The monoisotopic (exact) mass is 257 g/mol. The number of thiophene rings is 1. The molecule has 0 amide bonds. The fourth-order valence-electron chi connectivity index (χ4n) is 1.17. The van der Waals surface area contributed by atoms with E-state index in [4.69, 9.17) is 6.42 Å². The van der Waals surface area contributed by atoms with Crippen molar-refractivity contribution in [1.29, 1.82) is 0 Å². The molecule has 70 valence electrons. The lowest BCUT2D eigenvalue weighted by atomic mass is 10.1. The van der Waals surface area contributed by atoms with Crippen LogP contribution in [0.4, 0.5) is 0 Å². The average Bonchev–Trinajstić information content (AvgIpc) is 2.54. The highest BCUT2D eigenvalue weighted by molar-refractivity contribution is 9.10. The minimum Gasteiger partial charge on any atom is -0.312 e. The molecule has 0 aliphatic carbocycles. The normalized spacial score (nSPS) is 12.4. The predicted molar refractivity (Wildman–Crippen MR) is 61.9 cm³/mol. The molecule has 1 aromatic heterocycles. The van der Waals surface area contributed by atoms with E-state index in [1.165, 1.54) is 4.88 Å².